The van der Waals surface area contributed by atoms with E-state index in [1.807, 2.05) is 17.7 Å². The Bertz CT molecular complexity index is 1570. The number of benzene rings is 1. The summed E-state index contributed by atoms with van der Waals surface area (Å²) >= 11 is 0. The summed E-state index contributed by atoms with van der Waals surface area (Å²) < 4.78 is 39.4. The van der Waals surface area contributed by atoms with Gasteiger partial charge in [0.2, 0.25) is 21.9 Å². The fraction of sp³-hybridized carbons (Fsp3) is 0.400. The van der Waals surface area contributed by atoms with Crippen molar-refractivity contribution in [1.29, 1.82) is 0 Å². The predicted molar refractivity (Wildman–Crippen MR) is 145 cm³/mol. The summed E-state index contributed by atoms with van der Waals surface area (Å²) in [7, 11) is 0.743. The van der Waals surface area contributed by atoms with Crippen LogP contribution in [0.5, 0.6) is 5.88 Å². The normalized spacial score (nSPS) is 18.8. The molecule has 1 atom stereocenters. The molecule has 3 heterocycles. The Morgan fingerprint density at radius 2 is 1.82 bits per heavy atom. The van der Waals surface area contributed by atoms with Crippen LogP contribution in [0, 0.1) is 0 Å². The van der Waals surface area contributed by atoms with Crippen molar-refractivity contribution >= 4 is 44.6 Å². The molecule has 1 aromatic carbocycles. The molecule has 2 amide bonds. The van der Waals surface area contributed by atoms with Gasteiger partial charge in [-0.15, -0.1) is 0 Å². The molecular weight excluding hydrogens is 526 g/mol. The number of alkyl carbamates (subject to hydrolysis) is 1. The number of nitrogens with one attached hydrogen (secondary N) is 2. The maximum absolute atomic E-state index is 13.2. The van der Waals surface area contributed by atoms with E-state index in [9.17, 15) is 18.0 Å². The first-order valence-electron chi connectivity index (χ1n) is 12.0. The Labute approximate surface area is 226 Å². The third-order valence-electron chi connectivity index (χ3n) is 6.04. The molecule has 0 unspecified atom stereocenters. The fourth-order valence-electron chi connectivity index (χ4n) is 4.19. The summed E-state index contributed by atoms with van der Waals surface area (Å²) in [6, 6.07) is 5.28. The quantitative estimate of drug-likeness (QED) is 0.496. The van der Waals surface area contributed by atoms with Crippen molar-refractivity contribution in [2.75, 3.05) is 25.2 Å². The molecule has 1 aliphatic rings. The minimum Gasteiger partial charge on any atom is -0.480 e. The van der Waals surface area contributed by atoms with Crippen LogP contribution in [0.25, 0.3) is 10.9 Å². The van der Waals surface area contributed by atoms with Crippen LogP contribution in [0.15, 0.2) is 41.8 Å². The molecule has 208 valence electrons. The molecule has 0 spiro atoms. The molecule has 0 saturated heterocycles. The van der Waals surface area contributed by atoms with E-state index >= 15 is 0 Å². The van der Waals surface area contributed by atoms with Crippen LogP contribution in [0.2, 0.25) is 0 Å². The maximum Gasteiger partial charge on any atom is 0.414 e. The van der Waals surface area contributed by atoms with Gasteiger partial charge in [-0.1, -0.05) is 0 Å². The van der Waals surface area contributed by atoms with Crippen LogP contribution < -0.4 is 15.4 Å². The number of carbonyl (C=O) groups is 2. The van der Waals surface area contributed by atoms with Gasteiger partial charge in [0.25, 0.3) is 5.91 Å². The third kappa shape index (κ3) is 5.79. The monoisotopic (exact) mass is 557 g/mol. The lowest BCUT2D eigenvalue weighted by Crippen LogP contribution is -2.54. The van der Waals surface area contributed by atoms with E-state index in [4.69, 9.17) is 9.47 Å². The minimum atomic E-state index is -3.86. The zero-order chi connectivity index (χ0) is 28.8. The fourth-order valence-corrected chi connectivity index (χ4v) is 5.67. The summed E-state index contributed by atoms with van der Waals surface area (Å²) in [4.78, 5) is 37.9. The number of hydrogen-bond acceptors (Lipinski definition) is 9. The van der Waals surface area contributed by atoms with Gasteiger partial charge in [-0.3, -0.25) is 10.1 Å². The van der Waals surface area contributed by atoms with Crippen molar-refractivity contribution in [2.45, 2.75) is 38.8 Å². The first kappa shape index (κ1) is 27.8. The molecule has 13 nitrogen and oxygen atoms in total. The number of ether oxygens (including phenoxy) is 2. The largest absolute Gasteiger partial charge is 0.480 e. The Morgan fingerprint density at radius 1 is 1.10 bits per heavy atom. The van der Waals surface area contributed by atoms with Gasteiger partial charge in [-0.25, -0.2) is 32.5 Å². The molecular formula is C25H31N7O6S. The Morgan fingerprint density at radius 3 is 2.44 bits per heavy atom. The summed E-state index contributed by atoms with van der Waals surface area (Å²) in [5, 5.41) is 5.95. The minimum absolute atomic E-state index is 0.0972. The zero-order valence-corrected chi connectivity index (χ0v) is 23.6. The average Bonchev–Trinajstić information content (AvgIpc) is 3.17. The number of fused-ring (bicyclic) bond motifs is 1. The standard InChI is InChI=1S/C25H31N7O6S/c1-24(2,3)38-23(34)29-22-30-25(4,14-39(35,36)32(22)6)17-13-31(5)19-9-8-15(10-16(17)19)28-21(33)18-11-27-20(37-7)12-26-18/h8-13H,14H2,1-7H3,(H,28,33)(H,29,30,34)/t25-/m0/s1. The highest BCUT2D eigenvalue weighted by Gasteiger charge is 2.43. The van der Waals surface area contributed by atoms with Crippen molar-refractivity contribution in [1.82, 2.24) is 24.2 Å². The number of guanidine groups is 1. The number of rotatable bonds is 4. The molecule has 2 N–H and O–H groups in total. The second-order valence-corrected chi connectivity index (χ2v) is 12.3. The smallest absolute Gasteiger partial charge is 0.414 e. The van der Waals surface area contributed by atoms with E-state index in [-0.39, 0.29) is 23.3 Å². The highest BCUT2D eigenvalue weighted by molar-refractivity contribution is 7.89. The van der Waals surface area contributed by atoms with E-state index in [2.05, 4.69) is 25.6 Å². The number of aryl methyl sites for hydroxylation is 1. The first-order chi connectivity index (χ1) is 18.1. The van der Waals surface area contributed by atoms with Crippen molar-refractivity contribution < 1.29 is 27.5 Å². The number of methoxy groups -OCH3 is 1. The van der Waals surface area contributed by atoms with Crippen molar-refractivity contribution in [3.8, 4) is 5.88 Å². The molecule has 0 radical (unpaired) electrons. The van der Waals surface area contributed by atoms with Crippen LogP contribution >= 0.6 is 0 Å². The van der Waals surface area contributed by atoms with Crippen LogP contribution in [0.1, 0.15) is 43.7 Å². The highest BCUT2D eigenvalue weighted by atomic mass is 32.2. The second-order valence-electron chi connectivity index (χ2n) is 10.3. The van der Waals surface area contributed by atoms with Crippen LogP contribution in [0.4, 0.5) is 10.5 Å². The number of aromatic nitrogens is 3. The molecule has 0 saturated carbocycles. The van der Waals surface area contributed by atoms with E-state index in [1.165, 1.54) is 26.6 Å². The zero-order valence-electron chi connectivity index (χ0n) is 22.8. The number of sulfonamides is 1. The lowest BCUT2D eigenvalue weighted by Gasteiger charge is -2.35. The van der Waals surface area contributed by atoms with E-state index < -0.39 is 33.2 Å². The summed E-state index contributed by atoms with van der Waals surface area (Å²) in [6.45, 7) is 6.79. The summed E-state index contributed by atoms with van der Waals surface area (Å²) in [6.07, 6.45) is 3.62. The highest BCUT2D eigenvalue weighted by Crippen LogP contribution is 2.38. The molecule has 39 heavy (non-hydrogen) atoms. The van der Waals surface area contributed by atoms with Crippen LogP contribution in [-0.4, -0.2) is 70.7 Å². The van der Waals surface area contributed by atoms with Gasteiger partial charge < -0.3 is 19.4 Å². The number of aliphatic imine (C=N–C) groups is 1. The van der Waals surface area contributed by atoms with Crippen LogP contribution in [-0.2, 0) is 27.3 Å². The predicted octanol–water partition coefficient (Wildman–Crippen LogP) is 2.60. The average molecular weight is 558 g/mol. The van der Waals surface area contributed by atoms with Gasteiger partial charge >= 0.3 is 6.09 Å². The molecule has 1 aliphatic heterocycles. The number of carbonyl (C=O) groups excluding carboxylic acids is 2. The molecule has 3 aromatic rings. The van der Waals surface area contributed by atoms with Gasteiger partial charge in [0.05, 0.1) is 25.3 Å². The van der Waals surface area contributed by atoms with Gasteiger partial charge in [0.15, 0.2) is 0 Å². The summed E-state index contributed by atoms with van der Waals surface area (Å²) in [5.74, 6) is -0.688. The molecule has 2 aromatic heterocycles. The van der Waals surface area contributed by atoms with E-state index in [0.29, 0.717) is 16.6 Å². The molecule has 0 bridgehead atoms. The van der Waals surface area contributed by atoms with E-state index in [1.54, 1.807) is 46.0 Å². The van der Waals surface area contributed by atoms with Gasteiger partial charge in [-0.2, -0.15) is 0 Å². The van der Waals surface area contributed by atoms with Gasteiger partial charge in [0.1, 0.15) is 16.8 Å². The Kier molecular flexibility index (Phi) is 7.02. The third-order valence-corrected chi connectivity index (χ3v) is 7.98. The van der Waals surface area contributed by atoms with Gasteiger partial charge in [-0.05, 0) is 45.9 Å². The first-order valence-corrected chi connectivity index (χ1v) is 13.6. The number of nitrogens with zero attached hydrogens (tertiary/aromatic N) is 5. The van der Waals surface area contributed by atoms with Crippen molar-refractivity contribution in [3.05, 3.63) is 48.0 Å². The van der Waals surface area contributed by atoms with Crippen LogP contribution in [0.3, 0.4) is 0 Å². The maximum atomic E-state index is 13.2. The lowest BCUT2D eigenvalue weighted by atomic mass is 9.94. The summed E-state index contributed by atoms with van der Waals surface area (Å²) in [5.41, 5.74) is -0.0945. The van der Waals surface area contributed by atoms with Crippen molar-refractivity contribution in [2.24, 2.45) is 12.0 Å². The van der Waals surface area contributed by atoms with Gasteiger partial charge in [0, 0.05) is 42.4 Å². The SMILES string of the molecule is COc1cnc(C(=O)Nc2ccc3c(c2)c([C@]2(C)CS(=O)(=O)N(C)C(NC(=O)OC(C)(C)C)=N2)cn3C)cn1. The topological polar surface area (TPSA) is 157 Å². The number of amides is 2. The molecule has 14 heteroatoms. The van der Waals surface area contributed by atoms with Crippen molar-refractivity contribution in [3.63, 3.8) is 0 Å². The molecule has 0 fully saturated rings. The number of hydrogen-bond donors (Lipinski definition) is 2. The Balaban J connectivity index is 1.72. The molecule has 4 rings (SSSR count). The number of anilines is 1. The Hall–Kier alpha value is -4.20. The molecule has 0 aliphatic carbocycles. The second kappa shape index (κ2) is 9.84. The lowest BCUT2D eigenvalue weighted by molar-refractivity contribution is 0.0558. The van der Waals surface area contributed by atoms with E-state index in [0.717, 1.165) is 9.82 Å².